The predicted molar refractivity (Wildman–Crippen MR) is 109 cm³/mol. The first kappa shape index (κ1) is 20.9. The van der Waals surface area contributed by atoms with E-state index in [-0.39, 0.29) is 18.6 Å². The summed E-state index contributed by atoms with van der Waals surface area (Å²) in [4.78, 5) is 24.0. The molecule has 2 aromatic rings. The molecule has 1 aliphatic rings. The van der Waals surface area contributed by atoms with E-state index in [1.54, 1.807) is 24.3 Å². The lowest BCUT2D eigenvalue weighted by atomic mass is 10.1. The number of benzene rings is 2. The van der Waals surface area contributed by atoms with Crippen LogP contribution >= 0.6 is 0 Å². The first-order valence-corrected chi connectivity index (χ1v) is 9.94. The van der Waals surface area contributed by atoms with Gasteiger partial charge in [-0.15, -0.1) is 0 Å². The lowest BCUT2D eigenvalue weighted by Gasteiger charge is -2.11. The van der Waals surface area contributed by atoms with Crippen molar-refractivity contribution in [1.29, 1.82) is 0 Å². The number of ether oxygens (including phenoxy) is 3. The maximum absolute atomic E-state index is 12.1. The largest absolute Gasteiger partial charge is 0.491 e. The standard InChI is InChI=1S/C23H27NO5/c1-17-5-2-3-6-18(17)12-13-24-22(25)16-29-23(26)19-8-10-20(11-9-19)28-15-21-7-4-14-27-21/h2-3,5-6,8-11,21H,4,7,12-16H2,1H3,(H,24,25)/t21-/m1/s1. The molecule has 29 heavy (non-hydrogen) atoms. The van der Waals surface area contributed by atoms with E-state index in [0.29, 0.717) is 24.5 Å². The Morgan fingerprint density at radius 2 is 1.93 bits per heavy atom. The molecule has 0 aromatic heterocycles. The molecule has 154 valence electrons. The van der Waals surface area contributed by atoms with Gasteiger partial charge in [-0.05, 0) is 61.6 Å². The minimum absolute atomic E-state index is 0.143. The normalized spacial score (nSPS) is 15.7. The van der Waals surface area contributed by atoms with Gasteiger partial charge in [-0.2, -0.15) is 0 Å². The monoisotopic (exact) mass is 397 g/mol. The molecule has 1 heterocycles. The van der Waals surface area contributed by atoms with Crippen LogP contribution in [0.15, 0.2) is 48.5 Å². The zero-order chi connectivity index (χ0) is 20.5. The Hall–Kier alpha value is -2.86. The van der Waals surface area contributed by atoms with Crippen LogP contribution in [0.5, 0.6) is 5.75 Å². The van der Waals surface area contributed by atoms with Crippen LogP contribution in [-0.4, -0.2) is 44.3 Å². The predicted octanol–water partition coefficient (Wildman–Crippen LogP) is 3.07. The fourth-order valence-corrected chi connectivity index (χ4v) is 3.14. The van der Waals surface area contributed by atoms with Crippen LogP contribution < -0.4 is 10.1 Å². The number of aryl methyl sites for hydroxylation is 1. The van der Waals surface area contributed by atoms with Crippen LogP contribution in [0.1, 0.15) is 34.3 Å². The van der Waals surface area contributed by atoms with E-state index in [1.807, 2.05) is 31.2 Å². The molecule has 2 aromatic carbocycles. The number of hydrogen-bond acceptors (Lipinski definition) is 5. The maximum atomic E-state index is 12.1. The Balaban J connectivity index is 1.36. The Morgan fingerprint density at radius 3 is 2.66 bits per heavy atom. The second kappa shape index (κ2) is 10.6. The third-order valence-electron chi connectivity index (χ3n) is 4.86. The van der Waals surface area contributed by atoms with E-state index in [4.69, 9.17) is 14.2 Å². The lowest BCUT2D eigenvalue weighted by molar-refractivity contribution is -0.124. The summed E-state index contributed by atoms with van der Waals surface area (Å²) in [6.07, 6.45) is 2.96. The number of hydrogen-bond donors (Lipinski definition) is 1. The number of amides is 1. The van der Waals surface area contributed by atoms with Crippen molar-refractivity contribution >= 4 is 11.9 Å². The highest BCUT2D eigenvalue weighted by Gasteiger charge is 2.16. The zero-order valence-corrected chi connectivity index (χ0v) is 16.7. The van der Waals surface area contributed by atoms with Gasteiger partial charge in [0, 0.05) is 13.2 Å². The smallest absolute Gasteiger partial charge is 0.338 e. The van der Waals surface area contributed by atoms with Gasteiger partial charge in [0.2, 0.25) is 0 Å². The summed E-state index contributed by atoms with van der Waals surface area (Å²) in [6, 6.07) is 14.7. The quantitative estimate of drug-likeness (QED) is 0.659. The highest BCUT2D eigenvalue weighted by atomic mass is 16.5. The average Bonchev–Trinajstić information content (AvgIpc) is 3.26. The van der Waals surface area contributed by atoms with E-state index >= 15 is 0 Å². The van der Waals surface area contributed by atoms with Crippen LogP contribution in [0.4, 0.5) is 0 Å². The van der Waals surface area contributed by atoms with Gasteiger partial charge >= 0.3 is 5.97 Å². The Bertz CT molecular complexity index is 812. The van der Waals surface area contributed by atoms with Crippen LogP contribution in [-0.2, 0) is 20.7 Å². The maximum Gasteiger partial charge on any atom is 0.338 e. The molecule has 1 saturated heterocycles. The second-order valence-electron chi connectivity index (χ2n) is 7.07. The first-order chi connectivity index (χ1) is 14.1. The molecule has 0 radical (unpaired) electrons. The zero-order valence-electron chi connectivity index (χ0n) is 16.7. The van der Waals surface area contributed by atoms with Crippen LogP contribution in [0.3, 0.4) is 0 Å². The van der Waals surface area contributed by atoms with Gasteiger partial charge in [0.1, 0.15) is 12.4 Å². The van der Waals surface area contributed by atoms with Crippen molar-refractivity contribution in [2.24, 2.45) is 0 Å². The minimum Gasteiger partial charge on any atom is -0.491 e. The second-order valence-corrected chi connectivity index (χ2v) is 7.07. The van der Waals surface area contributed by atoms with Gasteiger partial charge in [0.05, 0.1) is 11.7 Å². The molecule has 0 aliphatic carbocycles. The lowest BCUT2D eigenvalue weighted by Crippen LogP contribution is -2.30. The molecule has 1 aliphatic heterocycles. The fourth-order valence-electron chi connectivity index (χ4n) is 3.14. The molecule has 1 atom stereocenters. The summed E-state index contributed by atoms with van der Waals surface area (Å²) in [5.41, 5.74) is 2.75. The van der Waals surface area contributed by atoms with Crippen LogP contribution in [0.2, 0.25) is 0 Å². The molecule has 6 heteroatoms. The highest BCUT2D eigenvalue weighted by molar-refractivity contribution is 5.91. The molecule has 3 rings (SSSR count). The Kier molecular flexibility index (Phi) is 7.64. The van der Waals surface area contributed by atoms with Gasteiger partial charge in [-0.25, -0.2) is 4.79 Å². The molecule has 1 fully saturated rings. The molecule has 0 unspecified atom stereocenters. The number of rotatable bonds is 9. The summed E-state index contributed by atoms with van der Waals surface area (Å²) < 4.78 is 16.3. The van der Waals surface area contributed by atoms with Gasteiger partial charge < -0.3 is 19.5 Å². The van der Waals surface area contributed by atoms with E-state index in [2.05, 4.69) is 5.32 Å². The van der Waals surface area contributed by atoms with Crippen molar-refractivity contribution in [2.45, 2.75) is 32.3 Å². The number of carbonyl (C=O) groups excluding carboxylic acids is 2. The van der Waals surface area contributed by atoms with Crippen molar-refractivity contribution < 1.29 is 23.8 Å². The van der Waals surface area contributed by atoms with Gasteiger partial charge in [-0.1, -0.05) is 24.3 Å². The Labute approximate surface area is 171 Å². The summed E-state index contributed by atoms with van der Waals surface area (Å²) >= 11 is 0. The van der Waals surface area contributed by atoms with Crippen molar-refractivity contribution in [3.63, 3.8) is 0 Å². The minimum atomic E-state index is -0.537. The van der Waals surface area contributed by atoms with Crippen molar-refractivity contribution in [3.05, 3.63) is 65.2 Å². The molecular weight excluding hydrogens is 370 g/mol. The highest BCUT2D eigenvalue weighted by Crippen LogP contribution is 2.17. The van der Waals surface area contributed by atoms with Gasteiger partial charge in [0.25, 0.3) is 5.91 Å². The number of carbonyl (C=O) groups is 2. The summed E-state index contributed by atoms with van der Waals surface area (Å²) in [7, 11) is 0. The van der Waals surface area contributed by atoms with Crippen molar-refractivity contribution in [2.75, 3.05) is 26.4 Å². The summed E-state index contributed by atoms with van der Waals surface area (Å²) in [6.45, 7) is 3.53. The third kappa shape index (κ3) is 6.61. The van der Waals surface area contributed by atoms with Crippen molar-refractivity contribution in [3.8, 4) is 5.75 Å². The van der Waals surface area contributed by atoms with Crippen LogP contribution in [0, 0.1) is 6.92 Å². The molecule has 1 N–H and O–H groups in total. The Morgan fingerprint density at radius 1 is 1.14 bits per heavy atom. The van der Waals surface area contributed by atoms with E-state index in [9.17, 15) is 9.59 Å². The van der Waals surface area contributed by atoms with E-state index in [1.165, 1.54) is 11.1 Å². The van der Waals surface area contributed by atoms with E-state index < -0.39 is 5.97 Å². The van der Waals surface area contributed by atoms with Gasteiger partial charge in [-0.3, -0.25) is 4.79 Å². The third-order valence-corrected chi connectivity index (χ3v) is 4.86. The van der Waals surface area contributed by atoms with Crippen LogP contribution in [0.25, 0.3) is 0 Å². The number of nitrogens with one attached hydrogen (secondary N) is 1. The molecule has 6 nitrogen and oxygen atoms in total. The summed E-state index contributed by atoms with van der Waals surface area (Å²) in [5, 5.41) is 2.77. The van der Waals surface area contributed by atoms with E-state index in [0.717, 1.165) is 25.9 Å². The molecule has 0 bridgehead atoms. The molecule has 1 amide bonds. The van der Waals surface area contributed by atoms with Crippen molar-refractivity contribution in [1.82, 2.24) is 5.32 Å². The summed E-state index contributed by atoms with van der Waals surface area (Å²) in [5.74, 6) is -0.181. The number of esters is 1. The molecule has 0 spiro atoms. The fraction of sp³-hybridized carbons (Fsp3) is 0.391. The first-order valence-electron chi connectivity index (χ1n) is 9.94. The molecule has 0 saturated carbocycles. The van der Waals surface area contributed by atoms with Gasteiger partial charge in [0.15, 0.2) is 6.61 Å². The average molecular weight is 397 g/mol. The SMILES string of the molecule is Cc1ccccc1CCNC(=O)COC(=O)c1ccc(OC[C@H]2CCCO2)cc1. The molecular formula is C23H27NO5. The topological polar surface area (TPSA) is 73.9 Å².